The molecule has 0 aromatic heterocycles. The third-order valence-corrected chi connectivity index (χ3v) is 8.30. The van der Waals surface area contributed by atoms with Crippen molar-refractivity contribution in [2.75, 3.05) is 41.5 Å². The van der Waals surface area contributed by atoms with Crippen LogP contribution in [0.3, 0.4) is 0 Å². The number of carbonyl (C=O) groups is 3. The molecular weight excluding hydrogens is 540 g/mol. The summed E-state index contributed by atoms with van der Waals surface area (Å²) in [6.07, 6.45) is -1.19. The molecule has 0 radical (unpaired) electrons. The van der Waals surface area contributed by atoms with Gasteiger partial charge in [0.05, 0.1) is 18.7 Å². The maximum atomic E-state index is 13.8. The van der Waals surface area contributed by atoms with Crippen molar-refractivity contribution in [3.63, 3.8) is 0 Å². The minimum absolute atomic E-state index is 0.0482. The lowest BCUT2D eigenvalue weighted by atomic mass is 9.60. The van der Waals surface area contributed by atoms with Crippen LogP contribution in [0.2, 0.25) is 0 Å². The summed E-state index contributed by atoms with van der Waals surface area (Å²) in [6.45, 7) is 0.928. The van der Waals surface area contributed by atoms with Crippen LogP contribution in [0.15, 0.2) is 34.8 Å². The standard InChI is InChI=1S/C28H36N2O11/c1-38-19(39-2)11-30(12-20(40-3)41-4)10-13-5-6-17(31)22-16(13)8-14-7-15-9-18(32)23(27(29)36)26(35)28(15,37)25(34)21(14)24(22)33/h5-6,14-15,19-20,31-32,34,37H,7-12H2,1-4H3,(H2,29,36)/t14-,15+,28+/m1/s1. The Labute approximate surface area is 236 Å². The van der Waals surface area contributed by atoms with Crippen molar-refractivity contribution in [2.45, 2.75) is 44.0 Å². The van der Waals surface area contributed by atoms with Gasteiger partial charge in [-0.3, -0.25) is 19.3 Å². The molecule has 0 spiro atoms. The predicted octanol–water partition coefficient (Wildman–Crippen LogP) is 0.620. The smallest absolute Gasteiger partial charge is 0.255 e. The fourth-order valence-corrected chi connectivity index (χ4v) is 6.19. The number of phenols is 1. The topological polar surface area (TPSA) is 198 Å². The molecule has 41 heavy (non-hydrogen) atoms. The third-order valence-electron chi connectivity index (χ3n) is 8.30. The number of hydrogen-bond donors (Lipinski definition) is 5. The van der Waals surface area contributed by atoms with Gasteiger partial charge in [-0.05, 0) is 36.0 Å². The number of primary amides is 1. The van der Waals surface area contributed by atoms with Crippen LogP contribution in [0.4, 0.5) is 0 Å². The summed E-state index contributed by atoms with van der Waals surface area (Å²) in [5.41, 5.74) is 2.83. The summed E-state index contributed by atoms with van der Waals surface area (Å²) >= 11 is 0. The zero-order chi connectivity index (χ0) is 30.2. The molecule has 13 nitrogen and oxygen atoms in total. The normalized spacial score (nSPS) is 24.3. The highest BCUT2D eigenvalue weighted by Gasteiger charge is 2.59. The lowest BCUT2D eigenvalue weighted by Crippen LogP contribution is -2.57. The Morgan fingerprint density at radius 1 is 1.02 bits per heavy atom. The number of ketones is 2. The van der Waals surface area contributed by atoms with E-state index in [9.17, 15) is 34.8 Å². The van der Waals surface area contributed by atoms with Gasteiger partial charge in [0.2, 0.25) is 5.78 Å². The maximum Gasteiger partial charge on any atom is 0.255 e. The molecule has 0 aliphatic heterocycles. The van der Waals surface area contributed by atoms with Gasteiger partial charge in [-0.2, -0.15) is 0 Å². The number of Topliss-reactive ketones (excluding diaryl/α,β-unsaturated/α-hetero) is 2. The summed E-state index contributed by atoms with van der Waals surface area (Å²) in [5.74, 6) is -6.67. The molecule has 4 rings (SSSR count). The van der Waals surface area contributed by atoms with Gasteiger partial charge in [-0.1, -0.05) is 6.07 Å². The van der Waals surface area contributed by atoms with E-state index < -0.39 is 64.6 Å². The van der Waals surface area contributed by atoms with E-state index in [1.807, 2.05) is 4.90 Å². The average Bonchev–Trinajstić information content (AvgIpc) is 2.93. The highest BCUT2D eigenvalue weighted by atomic mass is 16.7. The number of allylic oxidation sites excluding steroid dienone is 2. The number of methoxy groups -OCH3 is 4. The van der Waals surface area contributed by atoms with Gasteiger partial charge in [0.15, 0.2) is 24.0 Å². The molecule has 6 N–H and O–H groups in total. The first-order chi connectivity index (χ1) is 19.4. The molecule has 1 aromatic rings. The molecule has 1 amide bonds. The van der Waals surface area contributed by atoms with Crippen molar-refractivity contribution >= 4 is 17.5 Å². The first kappa shape index (κ1) is 30.6. The van der Waals surface area contributed by atoms with Crippen LogP contribution in [0.1, 0.15) is 34.3 Å². The fraction of sp³-hybridized carbons (Fsp3) is 0.536. The number of benzene rings is 1. The first-order valence-corrected chi connectivity index (χ1v) is 13.1. The maximum absolute atomic E-state index is 13.8. The molecular formula is C28H36N2O11. The number of hydrogen-bond acceptors (Lipinski definition) is 12. The molecule has 0 heterocycles. The van der Waals surface area contributed by atoms with Crippen molar-refractivity contribution < 1.29 is 53.8 Å². The minimum Gasteiger partial charge on any atom is -0.511 e. The number of amides is 1. The Bertz CT molecular complexity index is 1280. The molecule has 0 saturated heterocycles. The molecule has 3 aliphatic rings. The lowest BCUT2D eigenvalue weighted by molar-refractivity contribution is -0.145. The number of aliphatic hydroxyl groups is 3. The second-order valence-corrected chi connectivity index (χ2v) is 10.5. The van der Waals surface area contributed by atoms with E-state index in [-0.39, 0.29) is 42.7 Å². The van der Waals surface area contributed by atoms with E-state index in [1.54, 1.807) is 6.07 Å². The van der Waals surface area contributed by atoms with E-state index in [0.717, 1.165) is 0 Å². The Hall–Kier alpha value is -3.33. The van der Waals surface area contributed by atoms with Gasteiger partial charge in [0.25, 0.3) is 5.91 Å². The number of rotatable bonds is 11. The van der Waals surface area contributed by atoms with Crippen LogP contribution < -0.4 is 5.73 Å². The Morgan fingerprint density at radius 2 is 1.61 bits per heavy atom. The van der Waals surface area contributed by atoms with Gasteiger partial charge in [-0.25, -0.2) is 0 Å². The first-order valence-electron chi connectivity index (χ1n) is 13.1. The number of phenolic OH excluding ortho intramolecular Hbond substituents is 1. The highest BCUT2D eigenvalue weighted by molar-refractivity contribution is 6.24. The van der Waals surface area contributed by atoms with E-state index in [0.29, 0.717) is 24.2 Å². The van der Waals surface area contributed by atoms with E-state index in [1.165, 1.54) is 34.5 Å². The highest BCUT2D eigenvalue weighted by Crippen LogP contribution is 2.51. The number of ether oxygens (including phenoxy) is 4. The van der Waals surface area contributed by atoms with Crippen molar-refractivity contribution in [1.29, 1.82) is 0 Å². The van der Waals surface area contributed by atoms with Crippen LogP contribution in [-0.4, -0.2) is 103 Å². The zero-order valence-electron chi connectivity index (χ0n) is 23.4. The molecule has 1 aromatic carbocycles. The SMILES string of the molecule is COC(CN(Cc1ccc(O)c2c1C[C@H]1C[C@H]3CC(O)=C(C(N)=O)C(=O)[C@@]3(O)C(O)=C1C2=O)CC(OC)OC)OC. The molecule has 0 bridgehead atoms. The zero-order valence-corrected chi connectivity index (χ0v) is 23.4. The summed E-state index contributed by atoms with van der Waals surface area (Å²) in [6, 6.07) is 3.07. The quantitative estimate of drug-likeness (QED) is 0.182. The van der Waals surface area contributed by atoms with Crippen LogP contribution in [0, 0.1) is 11.8 Å². The fourth-order valence-electron chi connectivity index (χ4n) is 6.19. The summed E-state index contributed by atoms with van der Waals surface area (Å²) in [4.78, 5) is 40.7. The molecule has 3 aliphatic carbocycles. The monoisotopic (exact) mass is 576 g/mol. The lowest BCUT2D eigenvalue weighted by Gasteiger charge is -2.45. The van der Waals surface area contributed by atoms with Crippen LogP contribution >= 0.6 is 0 Å². The van der Waals surface area contributed by atoms with Gasteiger partial charge in [0.1, 0.15) is 22.8 Å². The Balaban J connectivity index is 1.76. The number of nitrogens with two attached hydrogens (primary N) is 1. The number of fused-ring (bicyclic) bond motifs is 3. The number of nitrogens with zero attached hydrogens (tertiary/aromatic N) is 1. The van der Waals surface area contributed by atoms with E-state index >= 15 is 0 Å². The largest absolute Gasteiger partial charge is 0.511 e. The number of aromatic hydroxyl groups is 1. The number of aliphatic hydroxyl groups excluding tert-OH is 2. The molecule has 224 valence electrons. The van der Waals surface area contributed by atoms with Crippen molar-refractivity contribution in [3.8, 4) is 5.75 Å². The average molecular weight is 577 g/mol. The van der Waals surface area contributed by atoms with Gasteiger partial charge < -0.3 is 45.1 Å². The van der Waals surface area contributed by atoms with Crippen LogP contribution in [0.25, 0.3) is 0 Å². The Morgan fingerprint density at radius 3 is 2.15 bits per heavy atom. The third kappa shape index (κ3) is 5.25. The minimum atomic E-state index is -2.61. The molecule has 3 atom stereocenters. The van der Waals surface area contributed by atoms with Crippen LogP contribution in [-0.2, 0) is 41.5 Å². The molecule has 13 heteroatoms. The van der Waals surface area contributed by atoms with Crippen molar-refractivity contribution in [3.05, 3.63) is 51.5 Å². The summed E-state index contributed by atoms with van der Waals surface area (Å²) < 4.78 is 21.5. The van der Waals surface area contributed by atoms with Gasteiger partial charge in [-0.15, -0.1) is 0 Å². The second kappa shape index (κ2) is 11.9. The van der Waals surface area contributed by atoms with E-state index in [4.69, 9.17) is 24.7 Å². The van der Waals surface area contributed by atoms with E-state index in [2.05, 4.69) is 0 Å². The summed E-state index contributed by atoms with van der Waals surface area (Å²) in [7, 11) is 6.05. The van der Waals surface area contributed by atoms with Gasteiger partial charge in [0, 0.05) is 52.9 Å². The second-order valence-electron chi connectivity index (χ2n) is 10.5. The molecule has 0 saturated carbocycles. The van der Waals surface area contributed by atoms with Gasteiger partial charge >= 0.3 is 0 Å². The Kier molecular flexibility index (Phi) is 8.87. The van der Waals surface area contributed by atoms with Crippen molar-refractivity contribution in [2.24, 2.45) is 17.6 Å². The van der Waals surface area contributed by atoms with Crippen molar-refractivity contribution in [1.82, 2.24) is 4.90 Å². The summed E-state index contributed by atoms with van der Waals surface area (Å²) in [5, 5.41) is 43.7. The number of carbonyl (C=O) groups excluding carboxylic acids is 3. The molecule has 0 unspecified atom stereocenters. The predicted molar refractivity (Wildman–Crippen MR) is 142 cm³/mol. The molecule has 0 fully saturated rings. The van der Waals surface area contributed by atoms with Crippen LogP contribution in [0.5, 0.6) is 5.75 Å².